The quantitative estimate of drug-likeness (QED) is 0.606. The first kappa shape index (κ1) is 12.1. The summed E-state index contributed by atoms with van der Waals surface area (Å²) < 4.78 is 11.1. The Hall–Kier alpha value is 0.0969. The van der Waals surface area contributed by atoms with Crippen LogP contribution in [0.15, 0.2) is 0 Å². The highest BCUT2D eigenvalue weighted by atomic mass is 28.3. The standard InChI is InChI=1S/C8H21NO2Si/c1-5-10-12(11-6-2)8(3)7-9-4/h8-9,12H,5-7H2,1-4H3. The van der Waals surface area contributed by atoms with Crippen LogP contribution in [0.5, 0.6) is 0 Å². The van der Waals surface area contributed by atoms with Crippen LogP contribution in [-0.2, 0) is 8.85 Å². The molecule has 0 heterocycles. The highest BCUT2D eigenvalue weighted by Crippen LogP contribution is 2.09. The lowest BCUT2D eigenvalue weighted by atomic mass is 10.5. The van der Waals surface area contributed by atoms with Gasteiger partial charge in [0.1, 0.15) is 0 Å². The Morgan fingerprint density at radius 2 is 1.75 bits per heavy atom. The van der Waals surface area contributed by atoms with Gasteiger partial charge in [-0.3, -0.25) is 0 Å². The van der Waals surface area contributed by atoms with E-state index in [4.69, 9.17) is 8.85 Å². The first-order valence-corrected chi connectivity index (χ1v) is 6.24. The molecule has 0 aromatic heterocycles. The molecule has 0 aliphatic carbocycles. The van der Waals surface area contributed by atoms with Gasteiger partial charge in [-0.2, -0.15) is 0 Å². The van der Waals surface area contributed by atoms with Crippen LogP contribution in [0.2, 0.25) is 5.54 Å². The predicted octanol–water partition coefficient (Wildman–Crippen LogP) is 0.889. The van der Waals surface area contributed by atoms with E-state index in [2.05, 4.69) is 12.2 Å². The molecule has 1 unspecified atom stereocenters. The topological polar surface area (TPSA) is 30.5 Å². The summed E-state index contributed by atoms with van der Waals surface area (Å²) >= 11 is 0. The van der Waals surface area contributed by atoms with E-state index in [0.29, 0.717) is 5.54 Å². The molecule has 0 spiro atoms. The maximum Gasteiger partial charge on any atom is 0.325 e. The van der Waals surface area contributed by atoms with Crippen molar-refractivity contribution in [2.75, 3.05) is 26.8 Å². The van der Waals surface area contributed by atoms with Crippen LogP contribution < -0.4 is 5.32 Å². The minimum absolute atomic E-state index is 0.537. The van der Waals surface area contributed by atoms with Crippen LogP contribution in [0.25, 0.3) is 0 Å². The van der Waals surface area contributed by atoms with Gasteiger partial charge in [-0.25, -0.2) is 0 Å². The van der Waals surface area contributed by atoms with Gasteiger partial charge in [0.15, 0.2) is 0 Å². The summed E-state index contributed by atoms with van der Waals surface area (Å²) in [7, 11) is 0.550. The zero-order valence-corrected chi connectivity index (χ0v) is 9.75. The van der Waals surface area contributed by atoms with E-state index in [9.17, 15) is 0 Å². The molecule has 74 valence electrons. The second-order valence-electron chi connectivity index (χ2n) is 2.81. The van der Waals surface area contributed by atoms with Crippen LogP contribution in [-0.4, -0.2) is 36.1 Å². The number of nitrogens with one attached hydrogen (secondary N) is 1. The van der Waals surface area contributed by atoms with Gasteiger partial charge in [0.05, 0.1) is 0 Å². The molecule has 0 rings (SSSR count). The molecule has 0 aromatic carbocycles. The average Bonchev–Trinajstić information content (AvgIpc) is 2.04. The van der Waals surface area contributed by atoms with E-state index in [1.54, 1.807) is 0 Å². The molecule has 1 atom stereocenters. The molecular weight excluding hydrogens is 170 g/mol. The van der Waals surface area contributed by atoms with E-state index in [-0.39, 0.29) is 0 Å². The smallest absolute Gasteiger partial charge is 0.325 e. The summed E-state index contributed by atoms with van der Waals surface area (Å²) in [4.78, 5) is 0. The molecule has 0 bridgehead atoms. The zero-order valence-electron chi connectivity index (χ0n) is 8.59. The fraction of sp³-hybridized carbons (Fsp3) is 1.00. The summed E-state index contributed by atoms with van der Waals surface area (Å²) in [6.45, 7) is 8.74. The normalized spacial score (nSPS) is 13.8. The van der Waals surface area contributed by atoms with Gasteiger partial charge >= 0.3 is 9.28 Å². The first-order valence-electron chi connectivity index (χ1n) is 4.64. The van der Waals surface area contributed by atoms with Crippen LogP contribution >= 0.6 is 0 Å². The summed E-state index contributed by atoms with van der Waals surface area (Å²) in [6, 6.07) is 0. The highest BCUT2D eigenvalue weighted by molar-refractivity contribution is 6.46. The molecule has 3 nitrogen and oxygen atoms in total. The molecule has 0 saturated heterocycles. The minimum atomic E-state index is -1.41. The summed E-state index contributed by atoms with van der Waals surface area (Å²) in [5.74, 6) is 0. The minimum Gasteiger partial charge on any atom is -0.397 e. The lowest BCUT2D eigenvalue weighted by Gasteiger charge is -2.20. The fourth-order valence-electron chi connectivity index (χ4n) is 1.12. The van der Waals surface area contributed by atoms with Gasteiger partial charge in [0.2, 0.25) is 0 Å². The van der Waals surface area contributed by atoms with Crippen molar-refractivity contribution in [2.45, 2.75) is 26.3 Å². The third-order valence-electron chi connectivity index (χ3n) is 1.65. The van der Waals surface area contributed by atoms with Gasteiger partial charge in [0, 0.05) is 18.8 Å². The number of hydrogen-bond donors (Lipinski definition) is 1. The predicted molar refractivity (Wildman–Crippen MR) is 53.8 cm³/mol. The molecule has 0 saturated carbocycles. The fourth-order valence-corrected chi connectivity index (χ4v) is 2.96. The molecule has 0 aromatic rings. The molecule has 12 heavy (non-hydrogen) atoms. The Morgan fingerprint density at radius 1 is 1.25 bits per heavy atom. The molecule has 0 fully saturated rings. The second kappa shape index (κ2) is 7.73. The Labute approximate surface area is 77.3 Å². The van der Waals surface area contributed by atoms with E-state index < -0.39 is 9.28 Å². The van der Waals surface area contributed by atoms with Crippen molar-refractivity contribution in [3.8, 4) is 0 Å². The molecule has 1 N–H and O–H groups in total. The van der Waals surface area contributed by atoms with Crippen LogP contribution in [0, 0.1) is 0 Å². The van der Waals surface area contributed by atoms with Gasteiger partial charge in [-0.05, 0) is 27.4 Å². The lowest BCUT2D eigenvalue weighted by Crippen LogP contribution is -2.32. The van der Waals surface area contributed by atoms with Gasteiger partial charge in [0.25, 0.3) is 0 Å². The number of hydrogen-bond acceptors (Lipinski definition) is 3. The Bertz CT molecular complexity index is 97.1. The second-order valence-corrected chi connectivity index (χ2v) is 5.36. The molecule has 0 aliphatic heterocycles. The van der Waals surface area contributed by atoms with E-state index in [1.807, 2.05) is 20.9 Å². The Morgan fingerprint density at radius 3 is 2.08 bits per heavy atom. The largest absolute Gasteiger partial charge is 0.397 e. The third kappa shape index (κ3) is 4.87. The van der Waals surface area contributed by atoms with Crippen molar-refractivity contribution in [2.24, 2.45) is 0 Å². The average molecular weight is 191 g/mol. The van der Waals surface area contributed by atoms with Crippen LogP contribution in [0.3, 0.4) is 0 Å². The van der Waals surface area contributed by atoms with Crippen molar-refractivity contribution in [1.29, 1.82) is 0 Å². The summed E-state index contributed by atoms with van der Waals surface area (Å²) in [6.07, 6.45) is 0. The van der Waals surface area contributed by atoms with Gasteiger partial charge < -0.3 is 14.2 Å². The van der Waals surface area contributed by atoms with E-state index in [0.717, 1.165) is 19.8 Å². The molecule has 0 aliphatic rings. The Kier molecular flexibility index (Phi) is 7.79. The van der Waals surface area contributed by atoms with Gasteiger partial charge in [-0.1, -0.05) is 6.92 Å². The first-order chi connectivity index (χ1) is 5.76. The van der Waals surface area contributed by atoms with Crippen LogP contribution in [0.4, 0.5) is 0 Å². The summed E-state index contributed by atoms with van der Waals surface area (Å²) in [5, 5.41) is 3.14. The van der Waals surface area contributed by atoms with Crippen molar-refractivity contribution < 1.29 is 8.85 Å². The monoisotopic (exact) mass is 191 g/mol. The molecular formula is C8H21NO2Si. The van der Waals surface area contributed by atoms with E-state index >= 15 is 0 Å². The van der Waals surface area contributed by atoms with Crippen molar-refractivity contribution in [1.82, 2.24) is 5.32 Å². The van der Waals surface area contributed by atoms with Crippen LogP contribution in [0.1, 0.15) is 20.8 Å². The zero-order chi connectivity index (χ0) is 9.40. The van der Waals surface area contributed by atoms with Crippen molar-refractivity contribution in [3.63, 3.8) is 0 Å². The maximum atomic E-state index is 5.57. The molecule has 0 radical (unpaired) electrons. The van der Waals surface area contributed by atoms with Crippen molar-refractivity contribution >= 4 is 9.28 Å². The molecule has 4 heteroatoms. The highest BCUT2D eigenvalue weighted by Gasteiger charge is 2.20. The Balaban J connectivity index is 3.72. The third-order valence-corrected chi connectivity index (χ3v) is 4.14. The molecule has 0 amide bonds. The van der Waals surface area contributed by atoms with Gasteiger partial charge in [-0.15, -0.1) is 0 Å². The number of rotatable bonds is 7. The van der Waals surface area contributed by atoms with E-state index in [1.165, 1.54) is 0 Å². The lowest BCUT2D eigenvalue weighted by molar-refractivity contribution is 0.205. The SMILES string of the molecule is CCO[SiH](OCC)C(C)CNC. The maximum absolute atomic E-state index is 5.57. The van der Waals surface area contributed by atoms with Crippen molar-refractivity contribution in [3.05, 3.63) is 0 Å². The summed E-state index contributed by atoms with van der Waals surface area (Å²) in [5.41, 5.74) is 0.537.